The van der Waals surface area contributed by atoms with E-state index in [1.54, 1.807) is 6.07 Å². The molecule has 1 fully saturated rings. The Labute approximate surface area is 118 Å². The maximum atomic E-state index is 11.6. The maximum Gasteiger partial charge on any atom is 0.321 e. The minimum absolute atomic E-state index is 0.164. The van der Waals surface area contributed by atoms with Gasteiger partial charge in [-0.3, -0.25) is 10.1 Å². The van der Waals surface area contributed by atoms with Gasteiger partial charge in [-0.1, -0.05) is 31.0 Å². The molecule has 2 rings (SSSR count). The minimum atomic E-state index is -0.441. The van der Waals surface area contributed by atoms with Gasteiger partial charge in [0.2, 0.25) is 0 Å². The van der Waals surface area contributed by atoms with Crippen molar-refractivity contribution < 1.29 is 14.3 Å². The second kappa shape index (κ2) is 6.93. The Kier molecular flexibility index (Phi) is 4.98. The molecular formula is C15H20N2O3. The van der Waals surface area contributed by atoms with Crippen molar-refractivity contribution in [3.05, 3.63) is 29.8 Å². The van der Waals surface area contributed by atoms with Crippen LogP contribution >= 0.6 is 0 Å². The fourth-order valence-electron chi connectivity index (χ4n) is 2.32. The summed E-state index contributed by atoms with van der Waals surface area (Å²) in [7, 11) is 0. The average Bonchev–Trinajstić information content (AvgIpc) is 2.90. The van der Waals surface area contributed by atoms with Crippen LogP contribution in [0.2, 0.25) is 0 Å². The topological polar surface area (TPSA) is 67.4 Å². The van der Waals surface area contributed by atoms with Crippen LogP contribution in [0.15, 0.2) is 24.3 Å². The maximum absolute atomic E-state index is 11.6. The number of carbonyl (C=O) groups is 2. The number of nitrogens with one attached hydrogen (secondary N) is 2. The Morgan fingerprint density at radius 3 is 2.65 bits per heavy atom. The molecule has 5 heteroatoms. The molecule has 1 aliphatic carbocycles. The lowest BCUT2D eigenvalue weighted by Gasteiger charge is -2.13. The van der Waals surface area contributed by atoms with E-state index in [0.717, 1.165) is 31.2 Å². The molecule has 1 aromatic carbocycles. The van der Waals surface area contributed by atoms with Crippen molar-refractivity contribution in [2.75, 3.05) is 6.61 Å². The third-order valence-corrected chi connectivity index (χ3v) is 3.40. The van der Waals surface area contributed by atoms with E-state index in [-0.39, 0.29) is 12.6 Å². The highest BCUT2D eigenvalue weighted by molar-refractivity contribution is 5.95. The number of hydrogen-bond acceptors (Lipinski definition) is 3. The SMILES string of the molecule is Cc1ccccc1OCC(=O)NC(=O)NC1CCCC1. The lowest BCUT2D eigenvalue weighted by molar-refractivity contribution is -0.122. The first-order valence-corrected chi connectivity index (χ1v) is 6.94. The lowest BCUT2D eigenvalue weighted by Crippen LogP contribution is -2.45. The van der Waals surface area contributed by atoms with Gasteiger partial charge >= 0.3 is 6.03 Å². The normalized spacial score (nSPS) is 14.8. The molecular weight excluding hydrogens is 256 g/mol. The minimum Gasteiger partial charge on any atom is -0.483 e. The molecule has 0 bridgehead atoms. The molecule has 0 aliphatic heterocycles. The first-order valence-electron chi connectivity index (χ1n) is 6.94. The summed E-state index contributed by atoms with van der Waals surface area (Å²) in [6.45, 7) is 1.74. The van der Waals surface area contributed by atoms with E-state index in [2.05, 4.69) is 10.6 Å². The van der Waals surface area contributed by atoms with Gasteiger partial charge in [0.25, 0.3) is 5.91 Å². The standard InChI is InChI=1S/C15H20N2O3/c1-11-6-2-5-9-13(11)20-10-14(18)17-15(19)16-12-7-3-4-8-12/h2,5-6,9,12H,3-4,7-8,10H2,1H3,(H2,16,17,18,19). The van der Waals surface area contributed by atoms with E-state index in [0.29, 0.717) is 5.75 Å². The van der Waals surface area contributed by atoms with Gasteiger partial charge in [-0.25, -0.2) is 4.79 Å². The second-order valence-electron chi connectivity index (χ2n) is 5.06. The molecule has 0 saturated heterocycles. The predicted octanol–water partition coefficient (Wildman–Crippen LogP) is 2.14. The largest absolute Gasteiger partial charge is 0.483 e. The van der Waals surface area contributed by atoms with Crippen LogP contribution in [0.25, 0.3) is 0 Å². The van der Waals surface area contributed by atoms with Gasteiger partial charge in [-0.05, 0) is 31.4 Å². The number of urea groups is 1. The monoisotopic (exact) mass is 276 g/mol. The molecule has 2 N–H and O–H groups in total. The molecule has 0 spiro atoms. The number of imide groups is 1. The number of para-hydroxylation sites is 1. The van der Waals surface area contributed by atoms with Gasteiger partial charge in [0, 0.05) is 6.04 Å². The fraction of sp³-hybridized carbons (Fsp3) is 0.467. The van der Waals surface area contributed by atoms with Crippen LogP contribution in [0, 0.1) is 6.92 Å². The van der Waals surface area contributed by atoms with Crippen LogP contribution in [0.4, 0.5) is 4.79 Å². The molecule has 20 heavy (non-hydrogen) atoms. The zero-order chi connectivity index (χ0) is 14.4. The van der Waals surface area contributed by atoms with E-state index in [1.807, 2.05) is 25.1 Å². The summed E-state index contributed by atoms with van der Waals surface area (Å²) in [5.41, 5.74) is 0.954. The summed E-state index contributed by atoms with van der Waals surface area (Å²) >= 11 is 0. The molecule has 1 aromatic rings. The van der Waals surface area contributed by atoms with Crippen LogP contribution in [-0.4, -0.2) is 24.6 Å². The summed E-state index contributed by atoms with van der Waals surface area (Å²) in [4.78, 5) is 23.2. The molecule has 0 heterocycles. The van der Waals surface area contributed by atoms with E-state index >= 15 is 0 Å². The number of aryl methyl sites for hydroxylation is 1. The summed E-state index contributed by atoms with van der Waals surface area (Å²) < 4.78 is 5.38. The highest BCUT2D eigenvalue weighted by atomic mass is 16.5. The van der Waals surface area contributed by atoms with Crippen molar-refractivity contribution in [3.8, 4) is 5.75 Å². The second-order valence-corrected chi connectivity index (χ2v) is 5.06. The van der Waals surface area contributed by atoms with Gasteiger partial charge in [-0.15, -0.1) is 0 Å². The molecule has 5 nitrogen and oxygen atoms in total. The van der Waals surface area contributed by atoms with Crippen LogP contribution < -0.4 is 15.4 Å². The zero-order valence-electron chi connectivity index (χ0n) is 11.6. The zero-order valence-corrected chi connectivity index (χ0v) is 11.6. The van der Waals surface area contributed by atoms with Crippen LogP contribution in [0.5, 0.6) is 5.75 Å². The fourth-order valence-corrected chi connectivity index (χ4v) is 2.32. The summed E-state index contributed by atoms with van der Waals surface area (Å²) in [5.74, 6) is 0.211. The third kappa shape index (κ3) is 4.26. The predicted molar refractivity (Wildman–Crippen MR) is 75.6 cm³/mol. The molecule has 0 aromatic heterocycles. The molecule has 3 amide bonds. The highest BCUT2D eigenvalue weighted by Gasteiger charge is 2.18. The first kappa shape index (κ1) is 14.4. The Balaban J connectivity index is 1.72. The summed E-state index contributed by atoms with van der Waals surface area (Å²) in [5, 5.41) is 5.08. The molecule has 108 valence electrons. The van der Waals surface area contributed by atoms with Gasteiger partial charge in [0.1, 0.15) is 5.75 Å². The Morgan fingerprint density at radius 1 is 1.25 bits per heavy atom. The highest BCUT2D eigenvalue weighted by Crippen LogP contribution is 2.17. The third-order valence-electron chi connectivity index (χ3n) is 3.40. The van der Waals surface area contributed by atoms with Crippen molar-refractivity contribution in [2.45, 2.75) is 38.6 Å². The molecule has 1 saturated carbocycles. The quantitative estimate of drug-likeness (QED) is 0.885. The molecule has 0 radical (unpaired) electrons. The van der Waals surface area contributed by atoms with E-state index in [4.69, 9.17) is 4.74 Å². The average molecular weight is 276 g/mol. The van der Waals surface area contributed by atoms with E-state index in [1.165, 1.54) is 0 Å². The Bertz CT molecular complexity index is 482. The number of rotatable bonds is 4. The van der Waals surface area contributed by atoms with Gasteiger partial charge in [0.05, 0.1) is 0 Å². The molecule has 0 atom stereocenters. The van der Waals surface area contributed by atoms with E-state index < -0.39 is 11.9 Å². The van der Waals surface area contributed by atoms with Crippen molar-refractivity contribution in [1.29, 1.82) is 0 Å². The number of ether oxygens (including phenoxy) is 1. The summed E-state index contributed by atoms with van der Waals surface area (Å²) in [6, 6.07) is 7.20. The number of amides is 3. The number of benzene rings is 1. The lowest BCUT2D eigenvalue weighted by atomic mass is 10.2. The van der Waals surface area contributed by atoms with Gasteiger partial charge in [0.15, 0.2) is 6.61 Å². The smallest absolute Gasteiger partial charge is 0.321 e. The van der Waals surface area contributed by atoms with Gasteiger partial charge in [-0.2, -0.15) is 0 Å². The van der Waals surface area contributed by atoms with Crippen LogP contribution in [-0.2, 0) is 4.79 Å². The molecule has 0 unspecified atom stereocenters. The van der Waals surface area contributed by atoms with Gasteiger partial charge < -0.3 is 10.1 Å². The number of carbonyl (C=O) groups excluding carboxylic acids is 2. The van der Waals surface area contributed by atoms with Crippen molar-refractivity contribution in [3.63, 3.8) is 0 Å². The van der Waals surface area contributed by atoms with Crippen LogP contribution in [0.1, 0.15) is 31.2 Å². The Hall–Kier alpha value is -2.04. The van der Waals surface area contributed by atoms with Crippen molar-refractivity contribution in [2.24, 2.45) is 0 Å². The number of hydrogen-bond donors (Lipinski definition) is 2. The molecule has 1 aliphatic rings. The van der Waals surface area contributed by atoms with Crippen molar-refractivity contribution in [1.82, 2.24) is 10.6 Å². The first-order chi connectivity index (χ1) is 9.65. The van der Waals surface area contributed by atoms with Crippen molar-refractivity contribution >= 4 is 11.9 Å². The summed E-state index contributed by atoms with van der Waals surface area (Å²) in [6.07, 6.45) is 4.24. The Morgan fingerprint density at radius 2 is 1.95 bits per heavy atom. The van der Waals surface area contributed by atoms with E-state index in [9.17, 15) is 9.59 Å². The van der Waals surface area contributed by atoms with Crippen LogP contribution in [0.3, 0.4) is 0 Å².